The van der Waals surface area contributed by atoms with Crippen LogP contribution in [0.4, 0.5) is 11.5 Å². The van der Waals surface area contributed by atoms with Gasteiger partial charge >= 0.3 is 0 Å². The maximum absolute atomic E-state index is 12.7. The number of nitrogens with zero attached hydrogens (tertiary/aromatic N) is 4. The van der Waals surface area contributed by atoms with Crippen molar-refractivity contribution >= 4 is 51.4 Å². The molecule has 3 aromatic rings. The third kappa shape index (κ3) is 4.92. The van der Waals surface area contributed by atoms with Gasteiger partial charge in [0.05, 0.1) is 10.0 Å². The van der Waals surface area contributed by atoms with E-state index in [0.717, 1.165) is 54.9 Å². The summed E-state index contributed by atoms with van der Waals surface area (Å²) in [4.78, 5) is 17.2. The molecule has 0 saturated carbocycles. The van der Waals surface area contributed by atoms with Gasteiger partial charge in [-0.1, -0.05) is 61.3 Å². The fraction of sp³-hybridized carbons (Fsp3) is 0.375. The van der Waals surface area contributed by atoms with Crippen molar-refractivity contribution in [3.8, 4) is 0 Å². The Morgan fingerprint density at radius 3 is 2.34 bits per heavy atom. The van der Waals surface area contributed by atoms with Crippen LogP contribution in [-0.2, 0) is 0 Å². The zero-order chi connectivity index (χ0) is 22.7. The van der Waals surface area contributed by atoms with Crippen molar-refractivity contribution in [1.82, 2.24) is 15.5 Å². The standard InChI is InChI=1S/C24H27Cl2N5O/c1-16(2)9-10-27-24(32)22-18-5-3-4-6-19(18)23(29-28-22)31-13-11-30(12-14-31)17-7-8-20(25)21(26)15-17/h3-8,15-16H,9-14H2,1-2H3,(H,27,32). The number of carbonyl (C=O) groups is 1. The molecule has 32 heavy (non-hydrogen) atoms. The van der Waals surface area contributed by atoms with Gasteiger partial charge in [0.15, 0.2) is 11.5 Å². The molecule has 1 aliphatic heterocycles. The Balaban J connectivity index is 1.52. The van der Waals surface area contributed by atoms with Crippen LogP contribution in [0.2, 0.25) is 10.0 Å². The summed E-state index contributed by atoms with van der Waals surface area (Å²) in [5, 5.41) is 14.7. The van der Waals surface area contributed by atoms with Crippen LogP contribution in [0.1, 0.15) is 30.8 Å². The lowest BCUT2D eigenvalue weighted by molar-refractivity contribution is 0.0948. The van der Waals surface area contributed by atoms with Gasteiger partial charge in [0.25, 0.3) is 5.91 Å². The van der Waals surface area contributed by atoms with Gasteiger partial charge in [-0.3, -0.25) is 4.79 Å². The summed E-state index contributed by atoms with van der Waals surface area (Å²) in [6, 6.07) is 13.6. The Kier molecular flexibility index (Phi) is 7.01. The largest absolute Gasteiger partial charge is 0.368 e. The maximum atomic E-state index is 12.7. The van der Waals surface area contributed by atoms with Crippen molar-refractivity contribution in [2.24, 2.45) is 5.92 Å². The maximum Gasteiger partial charge on any atom is 0.272 e. The van der Waals surface area contributed by atoms with Gasteiger partial charge in [0.1, 0.15) is 0 Å². The number of hydrogen-bond acceptors (Lipinski definition) is 5. The third-order valence-corrected chi connectivity index (χ3v) is 6.48. The summed E-state index contributed by atoms with van der Waals surface area (Å²) >= 11 is 12.2. The minimum absolute atomic E-state index is 0.176. The molecule has 6 nitrogen and oxygen atoms in total. The van der Waals surface area contributed by atoms with Crippen molar-refractivity contribution in [3.05, 3.63) is 58.2 Å². The molecule has 1 amide bonds. The molecule has 0 atom stereocenters. The number of halogens is 2. The molecule has 1 saturated heterocycles. The lowest BCUT2D eigenvalue weighted by Crippen LogP contribution is -2.47. The predicted octanol–water partition coefficient (Wildman–Crippen LogP) is 5.04. The molecule has 2 aromatic carbocycles. The molecule has 2 heterocycles. The molecule has 1 N–H and O–H groups in total. The first-order chi connectivity index (χ1) is 15.4. The lowest BCUT2D eigenvalue weighted by Gasteiger charge is -2.37. The van der Waals surface area contributed by atoms with Crippen LogP contribution < -0.4 is 15.1 Å². The van der Waals surface area contributed by atoms with Crippen LogP contribution in [0.25, 0.3) is 10.8 Å². The van der Waals surface area contributed by atoms with E-state index in [1.165, 1.54) is 0 Å². The quantitative estimate of drug-likeness (QED) is 0.545. The number of amides is 1. The van der Waals surface area contributed by atoms with E-state index in [2.05, 4.69) is 39.2 Å². The minimum Gasteiger partial charge on any atom is -0.368 e. The minimum atomic E-state index is -0.176. The van der Waals surface area contributed by atoms with Crippen molar-refractivity contribution in [2.75, 3.05) is 42.5 Å². The van der Waals surface area contributed by atoms with E-state index in [9.17, 15) is 4.79 Å². The van der Waals surface area contributed by atoms with Crippen LogP contribution in [-0.4, -0.2) is 48.8 Å². The number of anilines is 2. The van der Waals surface area contributed by atoms with Crippen LogP contribution in [0.3, 0.4) is 0 Å². The number of carbonyl (C=O) groups excluding carboxylic acids is 1. The first kappa shape index (κ1) is 22.6. The molecule has 0 radical (unpaired) electrons. The van der Waals surface area contributed by atoms with E-state index in [1.54, 1.807) is 0 Å². The molecule has 8 heteroatoms. The fourth-order valence-electron chi connectivity index (χ4n) is 3.91. The first-order valence-electron chi connectivity index (χ1n) is 10.9. The second-order valence-electron chi connectivity index (χ2n) is 8.43. The van der Waals surface area contributed by atoms with Crippen LogP contribution >= 0.6 is 23.2 Å². The monoisotopic (exact) mass is 471 g/mol. The molecule has 168 valence electrons. The SMILES string of the molecule is CC(C)CCNC(=O)c1nnc(N2CCN(c3ccc(Cl)c(Cl)c3)CC2)c2ccccc12. The average Bonchev–Trinajstić information content (AvgIpc) is 2.80. The molecule has 0 unspecified atom stereocenters. The second-order valence-corrected chi connectivity index (χ2v) is 9.24. The van der Waals surface area contributed by atoms with Gasteiger partial charge in [-0.15, -0.1) is 10.2 Å². The van der Waals surface area contributed by atoms with E-state index in [0.29, 0.717) is 28.2 Å². The molecule has 0 bridgehead atoms. The summed E-state index contributed by atoms with van der Waals surface area (Å²) in [7, 11) is 0. The average molecular weight is 472 g/mol. The van der Waals surface area contributed by atoms with Gasteiger partial charge in [0, 0.05) is 49.2 Å². The lowest BCUT2D eigenvalue weighted by atomic mass is 10.1. The van der Waals surface area contributed by atoms with Crippen molar-refractivity contribution in [1.29, 1.82) is 0 Å². The van der Waals surface area contributed by atoms with Crippen LogP contribution in [0.5, 0.6) is 0 Å². The van der Waals surface area contributed by atoms with Gasteiger partial charge in [-0.25, -0.2) is 0 Å². The zero-order valence-electron chi connectivity index (χ0n) is 18.3. The zero-order valence-corrected chi connectivity index (χ0v) is 19.8. The number of rotatable bonds is 6. The van der Waals surface area contributed by atoms with E-state index >= 15 is 0 Å². The first-order valence-corrected chi connectivity index (χ1v) is 11.7. The highest BCUT2D eigenvalue weighted by Gasteiger charge is 2.23. The topological polar surface area (TPSA) is 61.4 Å². The Morgan fingerprint density at radius 2 is 1.66 bits per heavy atom. The Hall–Kier alpha value is -2.57. The Morgan fingerprint density at radius 1 is 0.969 bits per heavy atom. The Bertz CT molecular complexity index is 1110. The number of piperazine rings is 1. The van der Waals surface area contributed by atoms with Gasteiger partial charge in [-0.2, -0.15) is 0 Å². The number of hydrogen-bond donors (Lipinski definition) is 1. The van der Waals surface area contributed by atoms with Gasteiger partial charge in [0.2, 0.25) is 0 Å². The number of aromatic nitrogens is 2. The van der Waals surface area contributed by atoms with Crippen molar-refractivity contribution in [3.63, 3.8) is 0 Å². The van der Waals surface area contributed by atoms with Crippen LogP contribution in [0, 0.1) is 5.92 Å². The highest BCUT2D eigenvalue weighted by Crippen LogP contribution is 2.30. The molecule has 4 rings (SSSR count). The predicted molar refractivity (Wildman–Crippen MR) is 132 cm³/mol. The van der Waals surface area contributed by atoms with Crippen LogP contribution in [0.15, 0.2) is 42.5 Å². The molecule has 1 aliphatic rings. The van der Waals surface area contributed by atoms with E-state index < -0.39 is 0 Å². The smallest absolute Gasteiger partial charge is 0.272 e. The highest BCUT2D eigenvalue weighted by atomic mass is 35.5. The van der Waals surface area contributed by atoms with Crippen molar-refractivity contribution < 1.29 is 4.79 Å². The number of benzene rings is 2. The molecular weight excluding hydrogens is 445 g/mol. The van der Waals surface area contributed by atoms with Gasteiger partial charge in [-0.05, 0) is 30.5 Å². The molecule has 0 spiro atoms. The summed E-state index contributed by atoms with van der Waals surface area (Å²) in [5.41, 5.74) is 1.44. The summed E-state index contributed by atoms with van der Waals surface area (Å²) < 4.78 is 0. The van der Waals surface area contributed by atoms with E-state index in [-0.39, 0.29) is 5.91 Å². The molecule has 0 aliphatic carbocycles. The third-order valence-electron chi connectivity index (χ3n) is 5.74. The normalized spacial score (nSPS) is 14.3. The fourth-order valence-corrected chi connectivity index (χ4v) is 4.20. The van der Waals surface area contributed by atoms with E-state index in [1.807, 2.05) is 42.5 Å². The van der Waals surface area contributed by atoms with Crippen molar-refractivity contribution in [2.45, 2.75) is 20.3 Å². The Labute approximate surface area is 198 Å². The summed E-state index contributed by atoms with van der Waals surface area (Å²) in [6.07, 6.45) is 0.929. The number of nitrogens with one attached hydrogen (secondary N) is 1. The molecular formula is C24H27Cl2N5O. The second kappa shape index (κ2) is 9.92. The molecule has 1 fully saturated rings. The van der Waals surface area contributed by atoms with E-state index in [4.69, 9.17) is 23.2 Å². The number of fused-ring (bicyclic) bond motifs is 1. The van der Waals surface area contributed by atoms with Gasteiger partial charge < -0.3 is 15.1 Å². The molecule has 1 aromatic heterocycles. The summed E-state index contributed by atoms with van der Waals surface area (Å²) in [6.45, 7) is 8.13. The highest BCUT2D eigenvalue weighted by molar-refractivity contribution is 6.42. The summed E-state index contributed by atoms with van der Waals surface area (Å²) in [5.74, 6) is 1.17.